The molecule has 2 aliphatic heterocycles. The van der Waals surface area contributed by atoms with Gasteiger partial charge in [0.05, 0.1) is 18.6 Å². The van der Waals surface area contributed by atoms with Crippen LogP contribution in [0.4, 0.5) is 5.69 Å². The molecule has 1 aromatic carbocycles. The lowest BCUT2D eigenvalue weighted by atomic mass is 10.1. The highest BCUT2D eigenvalue weighted by Gasteiger charge is 2.29. The van der Waals surface area contributed by atoms with Crippen molar-refractivity contribution >= 4 is 23.2 Å². The summed E-state index contributed by atoms with van der Waals surface area (Å²) in [6, 6.07) is 6.04. The van der Waals surface area contributed by atoms with E-state index in [0.717, 1.165) is 5.69 Å². The van der Waals surface area contributed by atoms with Crippen LogP contribution in [0.2, 0.25) is 0 Å². The van der Waals surface area contributed by atoms with Crippen molar-refractivity contribution in [2.75, 3.05) is 11.4 Å². The lowest BCUT2D eigenvalue weighted by molar-refractivity contribution is -0.117. The number of rotatable bonds is 1. The van der Waals surface area contributed by atoms with Crippen molar-refractivity contribution in [2.24, 2.45) is 0 Å². The second-order valence-electron chi connectivity index (χ2n) is 4.25. The largest absolute Gasteiger partial charge is 0.372 e. The van der Waals surface area contributed by atoms with Gasteiger partial charge in [-0.2, -0.15) is 0 Å². The van der Waals surface area contributed by atoms with Crippen LogP contribution in [0.1, 0.15) is 17.5 Å². The number of carbonyl (C=O) groups excluding carboxylic acids is 1. The average molecular weight is 238 g/mol. The molecule has 2 aliphatic rings. The number of halogens is 1. The maximum absolute atomic E-state index is 11.7. The molecule has 0 bridgehead atoms. The summed E-state index contributed by atoms with van der Waals surface area (Å²) < 4.78 is 5.35. The van der Waals surface area contributed by atoms with E-state index in [9.17, 15) is 4.79 Å². The van der Waals surface area contributed by atoms with Gasteiger partial charge in [0.1, 0.15) is 0 Å². The fourth-order valence-corrected chi connectivity index (χ4v) is 2.51. The Kier molecular flexibility index (Phi) is 2.37. The SMILES string of the molecule is O=C1CC(Cl)CN1c1ccc2c(c1)COC2. The van der Waals surface area contributed by atoms with Crippen LogP contribution < -0.4 is 4.90 Å². The van der Waals surface area contributed by atoms with Gasteiger partial charge in [-0.15, -0.1) is 11.6 Å². The molecular weight excluding hydrogens is 226 g/mol. The monoisotopic (exact) mass is 237 g/mol. The minimum atomic E-state index is -0.0583. The zero-order valence-corrected chi connectivity index (χ0v) is 9.54. The summed E-state index contributed by atoms with van der Waals surface area (Å²) in [5.41, 5.74) is 3.35. The number of hydrogen-bond donors (Lipinski definition) is 0. The van der Waals surface area contributed by atoms with Crippen LogP contribution in [-0.2, 0) is 22.7 Å². The van der Waals surface area contributed by atoms with Crippen LogP contribution >= 0.6 is 11.6 Å². The maximum atomic E-state index is 11.7. The molecule has 0 saturated carbocycles. The fourth-order valence-electron chi connectivity index (χ4n) is 2.24. The minimum Gasteiger partial charge on any atom is -0.372 e. The lowest BCUT2D eigenvalue weighted by Gasteiger charge is -2.16. The molecule has 0 aliphatic carbocycles. The molecule has 0 aromatic heterocycles. The molecule has 16 heavy (non-hydrogen) atoms. The van der Waals surface area contributed by atoms with Gasteiger partial charge < -0.3 is 9.64 Å². The minimum absolute atomic E-state index is 0.0583. The molecule has 2 heterocycles. The highest BCUT2D eigenvalue weighted by atomic mass is 35.5. The van der Waals surface area contributed by atoms with Crippen molar-refractivity contribution in [3.05, 3.63) is 29.3 Å². The van der Waals surface area contributed by atoms with E-state index >= 15 is 0 Å². The number of nitrogens with zero attached hydrogens (tertiary/aromatic N) is 1. The Balaban J connectivity index is 1.92. The predicted octanol–water partition coefficient (Wildman–Crippen LogP) is 2.06. The Morgan fingerprint density at radius 1 is 1.31 bits per heavy atom. The van der Waals surface area contributed by atoms with Crippen molar-refractivity contribution in [3.63, 3.8) is 0 Å². The Morgan fingerprint density at radius 2 is 2.12 bits per heavy atom. The molecule has 84 valence electrons. The van der Waals surface area contributed by atoms with Crippen LogP contribution in [-0.4, -0.2) is 17.8 Å². The van der Waals surface area contributed by atoms with Crippen LogP contribution in [0.15, 0.2) is 18.2 Å². The van der Waals surface area contributed by atoms with E-state index in [1.165, 1.54) is 11.1 Å². The summed E-state index contributed by atoms with van der Waals surface area (Å²) in [5.74, 6) is 0.110. The van der Waals surface area contributed by atoms with Crippen LogP contribution in [0.5, 0.6) is 0 Å². The Bertz CT molecular complexity index is 447. The number of hydrogen-bond acceptors (Lipinski definition) is 2. The Morgan fingerprint density at radius 3 is 2.88 bits per heavy atom. The molecule has 1 unspecified atom stereocenters. The second kappa shape index (κ2) is 3.75. The molecule has 0 spiro atoms. The topological polar surface area (TPSA) is 29.5 Å². The van der Waals surface area contributed by atoms with Crippen molar-refractivity contribution in [1.82, 2.24) is 0 Å². The first kappa shape index (κ1) is 10.1. The molecule has 3 nitrogen and oxygen atoms in total. The van der Waals surface area contributed by atoms with Gasteiger partial charge in [-0.05, 0) is 23.3 Å². The molecule has 1 atom stereocenters. The van der Waals surface area contributed by atoms with Gasteiger partial charge in [-0.1, -0.05) is 6.07 Å². The van der Waals surface area contributed by atoms with Crippen molar-refractivity contribution in [3.8, 4) is 0 Å². The smallest absolute Gasteiger partial charge is 0.228 e. The molecule has 1 amide bonds. The quantitative estimate of drug-likeness (QED) is 0.700. The highest BCUT2D eigenvalue weighted by molar-refractivity contribution is 6.24. The molecule has 0 radical (unpaired) electrons. The van der Waals surface area contributed by atoms with Gasteiger partial charge in [0.25, 0.3) is 0 Å². The first-order chi connectivity index (χ1) is 7.74. The zero-order chi connectivity index (χ0) is 11.1. The summed E-state index contributed by atoms with van der Waals surface area (Å²) in [4.78, 5) is 13.5. The predicted molar refractivity (Wildman–Crippen MR) is 61.5 cm³/mol. The third-order valence-electron chi connectivity index (χ3n) is 3.09. The van der Waals surface area contributed by atoms with E-state index in [2.05, 4.69) is 0 Å². The number of alkyl halides is 1. The van der Waals surface area contributed by atoms with Gasteiger partial charge in [0, 0.05) is 18.7 Å². The van der Waals surface area contributed by atoms with Crippen LogP contribution in [0.3, 0.4) is 0 Å². The average Bonchev–Trinajstić information content (AvgIpc) is 2.83. The van der Waals surface area contributed by atoms with Crippen LogP contribution in [0.25, 0.3) is 0 Å². The highest BCUT2D eigenvalue weighted by Crippen LogP contribution is 2.29. The fraction of sp³-hybridized carbons (Fsp3) is 0.417. The summed E-state index contributed by atoms with van der Waals surface area (Å²) in [5, 5.41) is -0.0583. The van der Waals surface area contributed by atoms with E-state index in [1.54, 1.807) is 4.90 Å². The number of benzene rings is 1. The van der Waals surface area contributed by atoms with E-state index in [-0.39, 0.29) is 11.3 Å². The number of anilines is 1. The molecule has 1 saturated heterocycles. The third-order valence-corrected chi connectivity index (χ3v) is 3.39. The molecule has 3 rings (SSSR count). The molecule has 1 aromatic rings. The number of fused-ring (bicyclic) bond motifs is 1. The van der Waals surface area contributed by atoms with Crippen LogP contribution in [0, 0.1) is 0 Å². The summed E-state index contributed by atoms with van der Waals surface area (Å²) in [6.45, 7) is 1.94. The van der Waals surface area contributed by atoms with Crippen molar-refractivity contribution in [2.45, 2.75) is 25.0 Å². The van der Waals surface area contributed by atoms with Gasteiger partial charge in [-0.3, -0.25) is 4.79 Å². The van der Waals surface area contributed by atoms with E-state index < -0.39 is 0 Å². The van der Waals surface area contributed by atoms with Crippen molar-refractivity contribution in [1.29, 1.82) is 0 Å². The number of carbonyl (C=O) groups is 1. The molecule has 4 heteroatoms. The maximum Gasteiger partial charge on any atom is 0.228 e. The second-order valence-corrected chi connectivity index (χ2v) is 4.87. The summed E-state index contributed by atoms with van der Waals surface area (Å²) >= 11 is 5.98. The van der Waals surface area contributed by atoms with Gasteiger partial charge >= 0.3 is 0 Å². The van der Waals surface area contributed by atoms with Crippen molar-refractivity contribution < 1.29 is 9.53 Å². The van der Waals surface area contributed by atoms with E-state index in [0.29, 0.717) is 26.2 Å². The third kappa shape index (κ3) is 1.60. The summed E-state index contributed by atoms with van der Waals surface area (Å²) in [6.07, 6.45) is 0.440. The number of ether oxygens (including phenoxy) is 1. The van der Waals surface area contributed by atoms with Gasteiger partial charge in [-0.25, -0.2) is 0 Å². The van der Waals surface area contributed by atoms with E-state index in [1.807, 2.05) is 18.2 Å². The first-order valence-electron chi connectivity index (χ1n) is 5.38. The normalized spacial score (nSPS) is 23.9. The number of amides is 1. The van der Waals surface area contributed by atoms with Gasteiger partial charge in [0.15, 0.2) is 0 Å². The standard InChI is InChI=1S/C12H12ClNO2/c13-10-4-12(15)14(5-10)11-2-1-8-6-16-7-9(8)3-11/h1-3,10H,4-7H2. The molecular formula is C12H12ClNO2. The molecule has 1 fully saturated rings. The Hall–Kier alpha value is -1.06. The Labute approximate surface area is 98.9 Å². The lowest BCUT2D eigenvalue weighted by Crippen LogP contribution is -2.24. The zero-order valence-electron chi connectivity index (χ0n) is 8.78. The van der Waals surface area contributed by atoms with Gasteiger partial charge in [0.2, 0.25) is 5.91 Å². The summed E-state index contributed by atoms with van der Waals surface area (Å²) in [7, 11) is 0. The first-order valence-corrected chi connectivity index (χ1v) is 5.81. The van der Waals surface area contributed by atoms with E-state index in [4.69, 9.17) is 16.3 Å². The molecule has 0 N–H and O–H groups in total.